The Morgan fingerprint density at radius 1 is 0.579 bits per heavy atom. The molecule has 0 saturated heterocycles. The molecule has 0 heterocycles. The van der Waals surface area contributed by atoms with E-state index in [0.717, 1.165) is 33.0 Å². The Hall–Kier alpha value is -0.584. The molecular formula is C16H14KO2. The molecule has 0 saturated carbocycles. The van der Waals surface area contributed by atoms with E-state index in [1.54, 1.807) is 14.2 Å². The topological polar surface area (TPSA) is 18.5 Å². The molecule has 3 aromatic carbocycles. The Bertz CT molecular complexity index is 603. The summed E-state index contributed by atoms with van der Waals surface area (Å²) in [4.78, 5) is 0. The van der Waals surface area contributed by atoms with Gasteiger partial charge in [0.05, 0.1) is 14.2 Å². The van der Waals surface area contributed by atoms with Crippen LogP contribution >= 0.6 is 0 Å². The fourth-order valence-electron chi connectivity index (χ4n) is 2.49. The molecule has 0 aromatic heterocycles. The Labute approximate surface area is 155 Å². The molecule has 0 aliphatic heterocycles. The molecule has 0 atom stereocenters. The number of rotatable bonds is 2. The van der Waals surface area contributed by atoms with Gasteiger partial charge in [-0.25, -0.2) is 0 Å². The second-order valence-electron chi connectivity index (χ2n) is 4.16. The number of hydrogen-bond acceptors (Lipinski definition) is 2. The van der Waals surface area contributed by atoms with E-state index in [-0.39, 0.29) is 51.4 Å². The van der Waals surface area contributed by atoms with Crippen molar-refractivity contribution in [1.29, 1.82) is 0 Å². The van der Waals surface area contributed by atoms with Crippen LogP contribution in [0.4, 0.5) is 0 Å². The molecule has 91 valence electrons. The number of hydrogen-bond donors (Lipinski definition) is 0. The predicted octanol–water partition coefficient (Wildman–Crippen LogP) is 3.63. The molecule has 0 aliphatic rings. The van der Waals surface area contributed by atoms with Crippen molar-refractivity contribution in [2.24, 2.45) is 0 Å². The fraction of sp³-hybridized carbons (Fsp3) is 0.125. The number of fused-ring (bicyclic) bond motifs is 2. The van der Waals surface area contributed by atoms with Gasteiger partial charge < -0.3 is 9.47 Å². The Kier molecular flexibility index (Phi) is 4.87. The third-order valence-electron chi connectivity index (χ3n) is 3.24. The van der Waals surface area contributed by atoms with Gasteiger partial charge >= 0.3 is 0 Å². The molecule has 0 bridgehead atoms. The summed E-state index contributed by atoms with van der Waals surface area (Å²) in [7, 11) is 3.42. The molecule has 2 nitrogen and oxygen atoms in total. The summed E-state index contributed by atoms with van der Waals surface area (Å²) in [6.07, 6.45) is 0. The molecule has 0 spiro atoms. The molecule has 0 unspecified atom stereocenters. The smallest absolute Gasteiger partial charge is 0.134 e. The van der Waals surface area contributed by atoms with Crippen LogP contribution in [0.2, 0.25) is 0 Å². The van der Waals surface area contributed by atoms with E-state index in [2.05, 4.69) is 24.3 Å². The maximum atomic E-state index is 5.58. The molecule has 0 amide bonds. The van der Waals surface area contributed by atoms with E-state index in [1.165, 1.54) is 0 Å². The molecule has 0 aliphatic carbocycles. The molecule has 3 rings (SSSR count). The van der Waals surface area contributed by atoms with Crippen LogP contribution in [0.25, 0.3) is 21.5 Å². The zero-order valence-electron chi connectivity index (χ0n) is 11.4. The van der Waals surface area contributed by atoms with Crippen LogP contribution in [0, 0.1) is 0 Å². The van der Waals surface area contributed by atoms with E-state index in [0.29, 0.717) is 0 Å². The van der Waals surface area contributed by atoms with Crippen molar-refractivity contribution in [2.75, 3.05) is 14.2 Å². The van der Waals surface area contributed by atoms with Gasteiger partial charge in [0.1, 0.15) is 11.5 Å². The zero-order chi connectivity index (χ0) is 12.5. The van der Waals surface area contributed by atoms with E-state index < -0.39 is 0 Å². The first-order chi connectivity index (χ1) is 8.86. The quantitative estimate of drug-likeness (QED) is 0.526. The normalized spacial score (nSPS) is 10.2. The van der Waals surface area contributed by atoms with Crippen LogP contribution < -0.4 is 9.47 Å². The van der Waals surface area contributed by atoms with Gasteiger partial charge in [-0.1, -0.05) is 48.5 Å². The van der Waals surface area contributed by atoms with Crippen molar-refractivity contribution in [3.05, 3.63) is 48.5 Å². The first-order valence-electron chi connectivity index (χ1n) is 5.88. The third kappa shape index (κ3) is 2.41. The van der Waals surface area contributed by atoms with Gasteiger partial charge in [0.2, 0.25) is 0 Å². The van der Waals surface area contributed by atoms with Crippen molar-refractivity contribution in [3.63, 3.8) is 0 Å². The van der Waals surface area contributed by atoms with Crippen LogP contribution in [0.15, 0.2) is 48.5 Å². The van der Waals surface area contributed by atoms with Gasteiger partial charge in [0.15, 0.2) is 0 Å². The molecule has 19 heavy (non-hydrogen) atoms. The average Bonchev–Trinajstić information content (AvgIpc) is 2.44. The third-order valence-corrected chi connectivity index (χ3v) is 3.24. The maximum absolute atomic E-state index is 5.58. The summed E-state index contributed by atoms with van der Waals surface area (Å²) >= 11 is 0. The van der Waals surface area contributed by atoms with Crippen molar-refractivity contribution in [3.8, 4) is 11.5 Å². The molecular weight excluding hydrogens is 263 g/mol. The monoisotopic (exact) mass is 277 g/mol. The molecule has 0 N–H and O–H groups in total. The Morgan fingerprint density at radius 2 is 0.842 bits per heavy atom. The molecule has 3 aromatic rings. The summed E-state index contributed by atoms with van der Waals surface area (Å²) in [5, 5.41) is 4.32. The SMILES string of the molecule is COc1c2ccccc2c(OC)c2ccccc12.[K]. The Balaban J connectivity index is 0.00000133. The minimum absolute atomic E-state index is 0. The predicted molar refractivity (Wildman–Crippen MR) is 80.3 cm³/mol. The number of methoxy groups -OCH3 is 2. The summed E-state index contributed by atoms with van der Waals surface area (Å²) in [6.45, 7) is 0. The van der Waals surface area contributed by atoms with E-state index in [4.69, 9.17) is 9.47 Å². The summed E-state index contributed by atoms with van der Waals surface area (Å²) < 4.78 is 11.2. The van der Waals surface area contributed by atoms with Crippen molar-refractivity contribution in [1.82, 2.24) is 0 Å². The van der Waals surface area contributed by atoms with Crippen LogP contribution in [0.5, 0.6) is 11.5 Å². The van der Waals surface area contributed by atoms with Gasteiger partial charge in [-0.15, -0.1) is 0 Å². The van der Waals surface area contributed by atoms with Gasteiger partial charge in [0, 0.05) is 72.9 Å². The minimum Gasteiger partial charge on any atom is -0.495 e. The summed E-state index contributed by atoms with van der Waals surface area (Å²) in [6, 6.07) is 16.3. The van der Waals surface area contributed by atoms with E-state index >= 15 is 0 Å². The zero-order valence-corrected chi connectivity index (χ0v) is 14.6. The van der Waals surface area contributed by atoms with Crippen LogP contribution in [-0.2, 0) is 0 Å². The van der Waals surface area contributed by atoms with Crippen molar-refractivity contribution in [2.45, 2.75) is 0 Å². The largest absolute Gasteiger partial charge is 0.495 e. The minimum atomic E-state index is 0. The van der Waals surface area contributed by atoms with Crippen LogP contribution in [0.3, 0.4) is 0 Å². The standard InChI is InChI=1S/C16H14O2.K/c1-17-15-11-7-3-5-9-13(11)16(18-2)14-10-6-4-8-12(14)15;/h3-10H,1-2H3;. The second kappa shape index (κ2) is 6.24. The first-order valence-corrected chi connectivity index (χ1v) is 5.88. The van der Waals surface area contributed by atoms with Gasteiger partial charge in [-0.2, -0.15) is 0 Å². The number of benzene rings is 3. The molecule has 1 radical (unpaired) electrons. The van der Waals surface area contributed by atoms with E-state index in [9.17, 15) is 0 Å². The number of ether oxygens (including phenoxy) is 2. The fourth-order valence-corrected chi connectivity index (χ4v) is 2.49. The van der Waals surface area contributed by atoms with Gasteiger partial charge in [0.25, 0.3) is 0 Å². The average molecular weight is 277 g/mol. The van der Waals surface area contributed by atoms with Crippen molar-refractivity contribution >= 4 is 72.9 Å². The second-order valence-corrected chi connectivity index (χ2v) is 4.16. The Morgan fingerprint density at radius 3 is 1.05 bits per heavy atom. The van der Waals surface area contributed by atoms with Crippen LogP contribution in [0.1, 0.15) is 0 Å². The first kappa shape index (κ1) is 14.8. The maximum Gasteiger partial charge on any atom is 0.134 e. The van der Waals surface area contributed by atoms with Gasteiger partial charge in [-0.3, -0.25) is 0 Å². The van der Waals surface area contributed by atoms with Gasteiger partial charge in [-0.05, 0) is 0 Å². The van der Waals surface area contributed by atoms with Crippen LogP contribution in [-0.4, -0.2) is 65.6 Å². The molecule has 3 heteroatoms. The van der Waals surface area contributed by atoms with Crippen molar-refractivity contribution < 1.29 is 9.47 Å². The van der Waals surface area contributed by atoms with E-state index in [1.807, 2.05) is 24.3 Å². The summed E-state index contributed by atoms with van der Waals surface area (Å²) in [5.41, 5.74) is 0. The molecule has 0 fully saturated rings. The summed E-state index contributed by atoms with van der Waals surface area (Å²) in [5.74, 6) is 1.81.